The Hall–Kier alpha value is -1.36. The zero-order valence-electron chi connectivity index (χ0n) is 7.09. The second-order valence-corrected chi connectivity index (χ2v) is 2.25. The summed E-state index contributed by atoms with van der Waals surface area (Å²) in [5.41, 5.74) is 5.11. The number of amides is 1. The SMILES string of the molecule is C=C(NC(=O)[C@H](C)N)C(=O)OC. The second kappa shape index (κ2) is 4.50. The third kappa shape index (κ3) is 3.16. The Bertz CT molecular complexity index is 211. The maximum Gasteiger partial charge on any atom is 0.353 e. The summed E-state index contributed by atoms with van der Waals surface area (Å²) in [4.78, 5) is 21.6. The third-order valence-electron chi connectivity index (χ3n) is 1.12. The van der Waals surface area contributed by atoms with E-state index in [0.717, 1.165) is 0 Å². The van der Waals surface area contributed by atoms with Gasteiger partial charge < -0.3 is 15.8 Å². The molecule has 0 aromatic carbocycles. The Morgan fingerprint density at radius 1 is 1.58 bits per heavy atom. The standard InChI is InChI=1S/C7H12N2O3/c1-4(8)6(10)9-5(2)7(11)12-3/h4H,2,8H2,1,3H3,(H,9,10)/t4-/m0/s1. The van der Waals surface area contributed by atoms with Crippen molar-refractivity contribution in [3.05, 3.63) is 12.3 Å². The number of nitrogens with two attached hydrogens (primary N) is 1. The lowest BCUT2D eigenvalue weighted by molar-refractivity contribution is -0.137. The fraction of sp³-hybridized carbons (Fsp3) is 0.429. The minimum Gasteiger partial charge on any atom is -0.464 e. The molecule has 0 bridgehead atoms. The van der Waals surface area contributed by atoms with Gasteiger partial charge in [-0.2, -0.15) is 0 Å². The van der Waals surface area contributed by atoms with Crippen molar-refractivity contribution >= 4 is 11.9 Å². The highest BCUT2D eigenvalue weighted by atomic mass is 16.5. The summed E-state index contributed by atoms with van der Waals surface area (Å²) in [5, 5.41) is 2.20. The van der Waals surface area contributed by atoms with Crippen LogP contribution in [0.5, 0.6) is 0 Å². The molecule has 0 fully saturated rings. The molecule has 5 nitrogen and oxygen atoms in total. The lowest BCUT2D eigenvalue weighted by atomic mass is 10.3. The number of hydrogen-bond acceptors (Lipinski definition) is 4. The van der Waals surface area contributed by atoms with Crippen LogP contribution in [0.15, 0.2) is 12.3 Å². The number of ether oxygens (including phenoxy) is 1. The molecule has 0 rings (SSSR count). The van der Waals surface area contributed by atoms with Gasteiger partial charge in [-0.25, -0.2) is 4.79 Å². The molecule has 5 heteroatoms. The highest BCUT2D eigenvalue weighted by Gasteiger charge is 2.12. The van der Waals surface area contributed by atoms with Crippen molar-refractivity contribution in [1.29, 1.82) is 0 Å². The van der Waals surface area contributed by atoms with Crippen LogP contribution in [-0.4, -0.2) is 25.0 Å². The van der Waals surface area contributed by atoms with E-state index in [1.54, 1.807) is 0 Å². The Labute approximate surface area is 70.6 Å². The third-order valence-corrected chi connectivity index (χ3v) is 1.12. The van der Waals surface area contributed by atoms with Crippen LogP contribution in [0.4, 0.5) is 0 Å². The Morgan fingerprint density at radius 3 is 2.42 bits per heavy atom. The normalized spacial score (nSPS) is 11.6. The Kier molecular flexibility index (Phi) is 3.99. The predicted molar refractivity (Wildman–Crippen MR) is 42.9 cm³/mol. The van der Waals surface area contributed by atoms with Crippen LogP contribution in [0.1, 0.15) is 6.92 Å². The van der Waals surface area contributed by atoms with Crippen LogP contribution < -0.4 is 11.1 Å². The first-order chi connectivity index (χ1) is 5.49. The molecule has 0 saturated heterocycles. The molecule has 1 atom stereocenters. The number of carbonyl (C=O) groups excluding carboxylic acids is 2. The minimum atomic E-state index is -0.677. The highest BCUT2D eigenvalue weighted by Crippen LogP contribution is 1.88. The lowest BCUT2D eigenvalue weighted by Crippen LogP contribution is -2.39. The zero-order chi connectivity index (χ0) is 9.72. The van der Waals surface area contributed by atoms with Crippen LogP contribution in [0, 0.1) is 0 Å². The van der Waals surface area contributed by atoms with E-state index in [0.29, 0.717) is 0 Å². The summed E-state index contributed by atoms with van der Waals surface area (Å²) < 4.78 is 4.30. The quantitative estimate of drug-likeness (QED) is 0.428. The van der Waals surface area contributed by atoms with Crippen molar-refractivity contribution in [2.75, 3.05) is 7.11 Å². The summed E-state index contributed by atoms with van der Waals surface area (Å²) in [6.07, 6.45) is 0. The van der Waals surface area contributed by atoms with Gasteiger partial charge in [0.05, 0.1) is 13.2 Å². The number of methoxy groups -OCH3 is 1. The number of esters is 1. The predicted octanol–water partition coefficient (Wildman–Crippen LogP) is -0.863. The van der Waals surface area contributed by atoms with Crippen molar-refractivity contribution in [2.45, 2.75) is 13.0 Å². The molecule has 0 aliphatic carbocycles. The van der Waals surface area contributed by atoms with E-state index in [-0.39, 0.29) is 5.70 Å². The van der Waals surface area contributed by atoms with Gasteiger partial charge in [0.2, 0.25) is 5.91 Å². The van der Waals surface area contributed by atoms with Crippen LogP contribution >= 0.6 is 0 Å². The van der Waals surface area contributed by atoms with E-state index >= 15 is 0 Å². The molecule has 0 spiro atoms. The molecular weight excluding hydrogens is 160 g/mol. The summed E-state index contributed by atoms with van der Waals surface area (Å²) in [6.45, 7) is 4.79. The van der Waals surface area contributed by atoms with Gasteiger partial charge in [-0.3, -0.25) is 4.79 Å². The molecule has 0 aliphatic heterocycles. The molecule has 0 saturated carbocycles. The Morgan fingerprint density at radius 2 is 2.08 bits per heavy atom. The van der Waals surface area contributed by atoms with Crippen LogP contribution in [0.2, 0.25) is 0 Å². The summed E-state index contributed by atoms with van der Waals surface area (Å²) in [7, 11) is 1.20. The number of hydrogen-bond donors (Lipinski definition) is 2. The van der Waals surface area contributed by atoms with Crippen molar-refractivity contribution < 1.29 is 14.3 Å². The van der Waals surface area contributed by atoms with E-state index in [9.17, 15) is 9.59 Å². The molecule has 0 unspecified atom stereocenters. The van der Waals surface area contributed by atoms with Gasteiger partial charge in [-0.1, -0.05) is 6.58 Å². The lowest BCUT2D eigenvalue weighted by Gasteiger charge is -2.07. The number of carbonyl (C=O) groups is 2. The van der Waals surface area contributed by atoms with Gasteiger partial charge in [-0.05, 0) is 6.92 Å². The van der Waals surface area contributed by atoms with Crippen molar-refractivity contribution in [1.82, 2.24) is 5.32 Å². The van der Waals surface area contributed by atoms with Gasteiger partial charge >= 0.3 is 5.97 Å². The zero-order valence-corrected chi connectivity index (χ0v) is 7.09. The molecule has 3 N–H and O–H groups in total. The highest BCUT2D eigenvalue weighted by molar-refractivity contribution is 5.94. The molecule has 0 heterocycles. The smallest absolute Gasteiger partial charge is 0.353 e. The summed E-state index contributed by atoms with van der Waals surface area (Å²) >= 11 is 0. The molecule has 0 radical (unpaired) electrons. The maximum atomic E-state index is 10.9. The van der Waals surface area contributed by atoms with Crippen molar-refractivity contribution in [3.63, 3.8) is 0 Å². The fourth-order valence-corrected chi connectivity index (χ4v) is 0.437. The maximum absolute atomic E-state index is 10.9. The van der Waals surface area contributed by atoms with Crippen LogP contribution in [-0.2, 0) is 14.3 Å². The van der Waals surface area contributed by atoms with E-state index in [1.807, 2.05) is 0 Å². The Balaban J connectivity index is 4.02. The van der Waals surface area contributed by atoms with E-state index < -0.39 is 17.9 Å². The van der Waals surface area contributed by atoms with Gasteiger partial charge in [-0.15, -0.1) is 0 Å². The largest absolute Gasteiger partial charge is 0.464 e. The molecule has 0 aromatic rings. The van der Waals surface area contributed by atoms with E-state index in [1.165, 1.54) is 14.0 Å². The first-order valence-electron chi connectivity index (χ1n) is 3.32. The van der Waals surface area contributed by atoms with Crippen LogP contribution in [0.25, 0.3) is 0 Å². The first kappa shape index (κ1) is 10.6. The molecule has 0 aliphatic rings. The summed E-state index contributed by atoms with van der Waals surface area (Å²) in [6, 6.07) is -0.675. The van der Waals surface area contributed by atoms with E-state index in [2.05, 4.69) is 16.6 Å². The number of nitrogens with one attached hydrogen (secondary N) is 1. The molecule has 1 amide bonds. The van der Waals surface area contributed by atoms with Crippen molar-refractivity contribution in [3.8, 4) is 0 Å². The van der Waals surface area contributed by atoms with Gasteiger partial charge in [0.15, 0.2) is 0 Å². The minimum absolute atomic E-state index is 0.111. The van der Waals surface area contributed by atoms with Crippen molar-refractivity contribution in [2.24, 2.45) is 5.73 Å². The average Bonchev–Trinajstić information content (AvgIpc) is 2.02. The summed E-state index contributed by atoms with van der Waals surface area (Å²) in [5.74, 6) is -1.14. The van der Waals surface area contributed by atoms with Gasteiger partial charge in [0.25, 0.3) is 0 Å². The molecule has 68 valence electrons. The number of rotatable bonds is 3. The molecule has 12 heavy (non-hydrogen) atoms. The topological polar surface area (TPSA) is 81.4 Å². The monoisotopic (exact) mass is 172 g/mol. The van der Waals surface area contributed by atoms with E-state index in [4.69, 9.17) is 5.73 Å². The first-order valence-corrected chi connectivity index (χ1v) is 3.32. The fourth-order valence-electron chi connectivity index (χ4n) is 0.437. The van der Waals surface area contributed by atoms with Crippen LogP contribution in [0.3, 0.4) is 0 Å². The van der Waals surface area contributed by atoms with Gasteiger partial charge in [0, 0.05) is 0 Å². The average molecular weight is 172 g/mol. The second-order valence-electron chi connectivity index (χ2n) is 2.25. The van der Waals surface area contributed by atoms with Gasteiger partial charge in [0.1, 0.15) is 5.70 Å². The molecule has 0 aromatic heterocycles. The molecular formula is C7H12N2O3.